The zero-order valence-corrected chi connectivity index (χ0v) is 8.75. The van der Waals surface area contributed by atoms with E-state index in [-0.39, 0.29) is 5.56 Å². The summed E-state index contributed by atoms with van der Waals surface area (Å²) < 4.78 is 38.5. The molecule has 3 rings (SSSR count). The molecule has 2 aromatic carbocycles. The van der Waals surface area contributed by atoms with Crippen LogP contribution in [0.4, 0.5) is 13.2 Å². The molecule has 0 saturated carbocycles. The van der Waals surface area contributed by atoms with E-state index in [4.69, 9.17) is 0 Å². The largest absolute Gasteiger partial charge is 0.416 e. The molecule has 3 heteroatoms. The van der Waals surface area contributed by atoms with Crippen LogP contribution in [0, 0.1) is 6.42 Å². The summed E-state index contributed by atoms with van der Waals surface area (Å²) in [7, 11) is 0. The van der Waals surface area contributed by atoms with E-state index in [0.717, 1.165) is 17.2 Å². The third-order valence-electron chi connectivity index (χ3n) is 2.96. The second-order valence-corrected chi connectivity index (χ2v) is 4.00. The molecule has 0 unspecified atom stereocenters. The number of hydrogen-bond donors (Lipinski definition) is 0. The van der Waals surface area contributed by atoms with Crippen molar-refractivity contribution in [3.05, 3.63) is 65.6 Å². The van der Waals surface area contributed by atoms with E-state index in [1.165, 1.54) is 6.07 Å². The number of benzene rings is 2. The van der Waals surface area contributed by atoms with Gasteiger partial charge in [0.2, 0.25) is 0 Å². The third kappa shape index (κ3) is 1.54. The van der Waals surface area contributed by atoms with Crippen LogP contribution >= 0.6 is 0 Å². The monoisotopic (exact) mass is 233 g/mol. The maximum Gasteiger partial charge on any atom is 0.416 e. The first-order valence-electron chi connectivity index (χ1n) is 5.22. The molecule has 0 heterocycles. The zero-order chi connectivity index (χ0) is 12.0. The Labute approximate surface area is 96.7 Å². The van der Waals surface area contributed by atoms with Crippen LogP contribution in [0.3, 0.4) is 0 Å². The first-order valence-corrected chi connectivity index (χ1v) is 5.22. The molecular weight excluding hydrogens is 225 g/mol. The molecule has 0 aromatic heterocycles. The van der Waals surface area contributed by atoms with Gasteiger partial charge in [-0.3, -0.25) is 0 Å². The normalized spacial score (nSPS) is 13.4. The average Bonchev–Trinajstić information content (AvgIpc) is 2.65. The summed E-state index contributed by atoms with van der Waals surface area (Å²) in [6.45, 7) is 0. The van der Waals surface area contributed by atoms with Crippen LogP contribution < -0.4 is 0 Å². The lowest BCUT2D eigenvalue weighted by Crippen LogP contribution is -2.07. The Morgan fingerprint density at radius 2 is 1.47 bits per heavy atom. The Kier molecular flexibility index (Phi) is 2.05. The van der Waals surface area contributed by atoms with Crippen molar-refractivity contribution >= 4 is 0 Å². The maximum atomic E-state index is 12.8. The molecule has 0 fully saturated rings. The summed E-state index contributed by atoms with van der Waals surface area (Å²) in [4.78, 5) is 0. The van der Waals surface area contributed by atoms with Gasteiger partial charge < -0.3 is 0 Å². The second-order valence-electron chi connectivity index (χ2n) is 4.00. The van der Waals surface area contributed by atoms with Gasteiger partial charge in [-0.2, -0.15) is 13.2 Å². The standard InChI is InChI=1S/C14H8F3/c15-14(16,17)13-7-3-6-11-10-5-2-1-4-9(10)8-12(11)13/h1-8H. The number of hydrogen-bond acceptors (Lipinski definition) is 0. The first-order chi connectivity index (χ1) is 8.07. The van der Waals surface area contributed by atoms with Gasteiger partial charge in [0.1, 0.15) is 0 Å². The van der Waals surface area contributed by atoms with E-state index in [1.807, 2.05) is 24.3 Å². The summed E-state index contributed by atoms with van der Waals surface area (Å²) in [5.74, 6) is 0. The molecule has 1 radical (unpaired) electrons. The van der Waals surface area contributed by atoms with Crippen LogP contribution in [0.15, 0.2) is 42.5 Å². The van der Waals surface area contributed by atoms with E-state index in [0.29, 0.717) is 5.56 Å². The smallest absolute Gasteiger partial charge is 0.166 e. The van der Waals surface area contributed by atoms with Crippen LogP contribution in [0.5, 0.6) is 0 Å². The highest BCUT2D eigenvalue weighted by molar-refractivity contribution is 5.82. The molecule has 1 aliphatic rings. The molecule has 0 N–H and O–H groups in total. The minimum absolute atomic E-state index is 0.279. The Balaban J connectivity index is 2.24. The van der Waals surface area contributed by atoms with Gasteiger partial charge in [-0.1, -0.05) is 36.4 Å². The molecule has 0 nitrogen and oxygen atoms in total. The van der Waals surface area contributed by atoms with Gasteiger partial charge in [-0.25, -0.2) is 0 Å². The van der Waals surface area contributed by atoms with Crippen molar-refractivity contribution in [3.63, 3.8) is 0 Å². The Morgan fingerprint density at radius 3 is 2.24 bits per heavy atom. The van der Waals surface area contributed by atoms with E-state index in [9.17, 15) is 13.2 Å². The lowest BCUT2D eigenvalue weighted by molar-refractivity contribution is -0.137. The molecule has 0 aliphatic heterocycles. The zero-order valence-electron chi connectivity index (χ0n) is 8.75. The summed E-state index contributed by atoms with van der Waals surface area (Å²) >= 11 is 0. The van der Waals surface area contributed by atoms with Crippen LogP contribution in [0.25, 0.3) is 11.1 Å². The summed E-state index contributed by atoms with van der Waals surface area (Å²) in [6.07, 6.45) is -2.70. The van der Waals surface area contributed by atoms with Crippen molar-refractivity contribution in [3.8, 4) is 11.1 Å². The molecule has 0 bridgehead atoms. The molecule has 0 amide bonds. The van der Waals surface area contributed by atoms with Gasteiger partial charge in [-0.05, 0) is 28.3 Å². The SMILES string of the molecule is FC(F)(F)c1cccc2c1[CH]c1ccccc1-2. The predicted octanol–water partition coefficient (Wildman–Crippen LogP) is 4.29. The lowest BCUT2D eigenvalue weighted by Gasteiger charge is -2.11. The highest BCUT2D eigenvalue weighted by Crippen LogP contribution is 2.44. The first kappa shape index (κ1) is 10.4. The average molecular weight is 233 g/mol. The summed E-state index contributed by atoms with van der Waals surface area (Å²) in [5.41, 5.74) is 2.09. The van der Waals surface area contributed by atoms with Crippen molar-refractivity contribution in [1.29, 1.82) is 0 Å². The van der Waals surface area contributed by atoms with Crippen LogP contribution in [0.2, 0.25) is 0 Å². The summed E-state index contributed by atoms with van der Waals surface area (Å²) in [6, 6.07) is 11.6. The fourth-order valence-corrected chi connectivity index (χ4v) is 2.23. The number of halogens is 3. The van der Waals surface area contributed by atoms with Gasteiger partial charge in [0.15, 0.2) is 0 Å². The number of fused-ring (bicyclic) bond motifs is 3. The maximum absolute atomic E-state index is 12.8. The van der Waals surface area contributed by atoms with Crippen molar-refractivity contribution in [2.24, 2.45) is 0 Å². The van der Waals surface area contributed by atoms with E-state index < -0.39 is 11.7 Å². The number of rotatable bonds is 0. The fraction of sp³-hybridized carbons (Fsp3) is 0.0714. The lowest BCUT2D eigenvalue weighted by atomic mass is 10.0. The molecular formula is C14H8F3. The Bertz CT molecular complexity index is 582. The topological polar surface area (TPSA) is 0 Å². The quantitative estimate of drug-likeness (QED) is 0.543. The van der Waals surface area contributed by atoms with Gasteiger partial charge in [0.25, 0.3) is 0 Å². The Hall–Kier alpha value is -1.77. The predicted molar refractivity (Wildman–Crippen MR) is 59.4 cm³/mol. The van der Waals surface area contributed by atoms with Gasteiger partial charge in [0, 0.05) is 6.42 Å². The van der Waals surface area contributed by atoms with Crippen molar-refractivity contribution in [2.75, 3.05) is 0 Å². The minimum atomic E-state index is -4.30. The van der Waals surface area contributed by atoms with Crippen molar-refractivity contribution < 1.29 is 13.2 Å². The molecule has 17 heavy (non-hydrogen) atoms. The number of alkyl halides is 3. The molecule has 0 atom stereocenters. The van der Waals surface area contributed by atoms with E-state index in [1.54, 1.807) is 12.5 Å². The van der Waals surface area contributed by atoms with E-state index >= 15 is 0 Å². The van der Waals surface area contributed by atoms with Crippen molar-refractivity contribution in [1.82, 2.24) is 0 Å². The van der Waals surface area contributed by atoms with Crippen LogP contribution in [-0.4, -0.2) is 0 Å². The Morgan fingerprint density at radius 1 is 0.765 bits per heavy atom. The van der Waals surface area contributed by atoms with Crippen LogP contribution in [-0.2, 0) is 6.18 Å². The van der Waals surface area contributed by atoms with E-state index in [2.05, 4.69) is 0 Å². The third-order valence-corrected chi connectivity index (χ3v) is 2.96. The molecule has 2 aromatic rings. The minimum Gasteiger partial charge on any atom is -0.166 e. The fourth-order valence-electron chi connectivity index (χ4n) is 2.23. The highest BCUT2D eigenvalue weighted by Gasteiger charge is 2.36. The van der Waals surface area contributed by atoms with Gasteiger partial charge in [0.05, 0.1) is 5.56 Å². The molecule has 85 valence electrons. The summed E-state index contributed by atoms with van der Waals surface area (Å²) in [5, 5.41) is 0. The molecule has 0 spiro atoms. The highest BCUT2D eigenvalue weighted by atomic mass is 19.4. The molecule has 1 aliphatic carbocycles. The second kappa shape index (κ2) is 3.36. The molecule has 0 saturated heterocycles. The van der Waals surface area contributed by atoms with Gasteiger partial charge >= 0.3 is 6.18 Å². The van der Waals surface area contributed by atoms with Crippen molar-refractivity contribution in [2.45, 2.75) is 6.18 Å². The van der Waals surface area contributed by atoms with Gasteiger partial charge in [-0.15, -0.1) is 0 Å². The van der Waals surface area contributed by atoms with Crippen LogP contribution in [0.1, 0.15) is 16.7 Å².